The molecule has 1 aromatic rings. The Hall–Kier alpha value is -1.03. The first-order valence-corrected chi connectivity index (χ1v) is 5.61. The third-order valence-electron chi connectivity index (χ3n) is 1.92. The molecule has 0 aliphatic carbocycles. The van der Waals surface area contributed by atoms with Gasteiger partial charge in [-0.3, -0.25) is 4.79 Å². The largest absolute Gasteiger partial charge is 0.492 e. The fourth-order valence-electron chi connectivity index (χ4n) is 1.10. The lowest BCUT2D eigenvalue weighted by molar-refractivity contribution is -0.120. The molecule has 0 radical (unpaired) electrons. The second-order valence-electron chi connectivity index (χ2n) is 3.06. The molecule has 4 heteroatoms. The van der Waals surface area contributed by atoms with Crippen LogP contribution in [0.25, 0.3) is 0 Å². The Labute approximate surface area is 97.9 Å². The highest BCUT2D eigenvalue weighted by atomic mass is 79.9. The molecule has 0 fully saturated rings. The lowest BCUT2D eigenvalue weighted by Crippen LogP contribution is -2.18. The number of halogens is 1. The highest BCUT2D eigenvalue weighted by molar-refractivity contribution is 9.10. The lowest BCUT2D eigenvalue weighted by atomic mass is 10.3. The Balaban J connectivity index is 2.26. The van der Waals surface area contributed by atoms with Crippen molar-refractivity contribution in [3.05, 3.63) is 28.7 Å². The van der Waals surface area contributed by atoms with Gasteiger partial charge < -0.3 is 10.1 Å². The maximum atomic E-state index is 10.9. The number of benzene rings is 1. The molecule has 0 spiro atoms. The molecule has 1 aromatic carbocycles. The third kappa shape index (κ3) is 4.34. The number of hydrogen-bond acceptors (Lipinski definition) is 2. The summed E-state index contributed by atoms with van der Waals surface area (Å²) in [5, 5.41) is 2.57. The van der Waals surface area contributed by atoms with E-state index in [1.807, 2.05) is 24.3 Å². The van der Waals surface area contributed by atoms with E-state index in [0.717, 1.165) is 16.6 Å². The van der Waals surface area contributed by atoms with Crippen molar-refractivity contribution < 1.29 is 9.53 Å². The summed E-state index contributed by atoms with van der Waals surface area (Å²) in [6.45, 7) is 0.552. The number of amides is 1. The first-order valence-electron chi connectivity index (χ1n) is 4.82. The SMILES string of the molecule is CNC(=O)CCCOc1ccccc1Br. The van der Waals surface area contributed by atoms with Crippen molar-refractivity contribution in [3.8, 4) is 5.75 Å². The molecule has 1 N–H and O–H groups in total. The predicted octanol–water partition coefficient (Wildman–Crippen LogP) is 2.35. The van der Waals surface area contributed by atoms with Crippen LogP contribution in [0, 0.1) is 0 Å². The van der Waals surface area contributed by atoms with Crippen LogP contribution >= 0.6 is 15.9 Å². The maximum absolute atomic E-state index is 10.9. The molecule has 0 unspecified atom stereocenters. The highest BCUT2D eigenvalue weighted by Crippen LogP contribution is 2.23. The van der Waals surface area contributed by atoms with E-state index in [9.17, 15) is 4.79 Å². The number of carbonyl (C=O) groups excluding carboxylic acids is 1. The van der Waals surface area contributed by atoms with E-state index in [0.29, 0.717) is 13.0 Å². The molecule has 0 aromatic heterocycles. The minimum Gasteiger partial charge on any atom is -0.492 e. The maximum Gasteiger partial charge on any atom is 0.219 e. The molecule has 3 nitrogen and oxygen atoms in total. The normalized spacial score (nSPS) is 9.73. The van der Waals surface area contributed by atoms with Gasteiger partial charge in [-0.1, -0.05) is 12.1 Å². The van der Waals surface area contributed by atoms with E-state index in [4.69, 9.17) is 4.74 Å². The van der Waals surface area contributed by atoms with Crippen LogP contribution in [0.4, 0.5) is 0 Å². The van der Waals surface area contributed by atoms with Crippen LogP contribution in [-0.2, 0) is 4.79 Å². The molecule has 0 heterocycles. The minimum atomic E-state index is 0.0470. The number of nitrogens with one attached hydrogen (secondary N) is 1. The summed E-state index contributed by atoms with van der Waals surface area (Å²) in [5.74, 6) is 0.861. The van der Waals surface area contributed by atoms with Crippen molar-refractivity contribution >= 4 is 21.8 Å². The highest BCUT2D eigenvalue weighted by Gasteiger charge is 2.00. The summed E-state index contributed by atoms with van der Waals surface area (Å²) in [6, 6.07) is 7.67. The van der Waals surface area contributed by atoms with E-state index in [1.165, 1.54) is 0 Å². The zero-order chi connectivity index (χ0) is 11.1. The number of rotatable bonds is 5. The van der Waals surface area contributed by atoms with Crippen molar-refractivity contribution in [1.82, 2.24) is 5.32 Å². The molecular weight excluding hydrogens is 258 g/mol. The van der Waals surface area contributed by atoms with Gasteiger partial charge in [-0.15, -0.1) is 0 Å². The molecule has 0 saturated carbocycles. The fraction of sp³-hybridized carbons (Fsp3) is 0.364. The summed E-state index contributed by atoms with van der Waals surface area (Å²) >= 11 is 3.39. The smallest absolute Gasteiger partial charge is 0.219 e. The minimum absolute atomic E-state index is 0.0470. The van der Waals surface area contributed by atoms with Crippen molar-refractivity contribution in [1.29, 1.82) is 0 Å². The molecule has 0 aliphatic heterocycles. The fourth-order valence-corrected chi connectivity index (χ4v) is 1.50. The molecule has 82 valence electrons. The third-order valence-corrected chi connectivity index (χ3v) is 2.58. The molecule has 1 amide bonds. The van der Waals surface area contributed by atoms with E-state index in [2.05, 4.69) is 21.2 Å². The molecule has 0 saturated heterocycles. The Morgan fingerprint density at radius 3 is 2.87 bits per heavy atom. The van der Waals surface area contributed by atoms with Gasteiger partial charge >= 0.3 is 0 Å². The van der Waals surface area contributed by atoms with Gasteiger partial charge in [0.25, 0.3) is 0 Å². The van der Waals surface area contributed by atoms with Gasteiger partial charge in [0.05, 0.1) is 11.1 Å². The van der Waals surface area contributed by atoms with Crippen molar-refractivity contribution in [2.75, 3.05) is 13.7 Å². The van der Waals surface area contributed by atoms with Crippen LogP contribution in [0.1, 0.15) is 12.8 Å². The van der Waals surface area contributed by atoms with Gasteiger partial charge in [-0.2, -0.15) is 0 Å². The summed E-state index contributed by atoms with van der Waals surface area (Å²) < 4.78 is 6.44. The quantitative estimate of drug-likeness (QED) is 0.835. The standard InChI is InChI=1S/C11H14BrNO2/c1-13-11(14)7-4-8-15-10-6-3-2-5-9(10)12/h2-3,5-6H,4,7-8H2,1H3,(H,13,14). The van der Waals surface area contributed by atoms with Crippen LogP contribution in [-0.4, -0.2) is 19.6 Å². The Morgan fingerprint density at radius 1 is 1.47 bits per heavy atom. The van der Waals surface area contributed by atoms with E-state index in [1.54, 1.807) is 7.05 Å². The summed E-state index contributed by atoms with van der Waals surface area (Å²) in [6.07, 6.45) is 1.22. The van der Waals surface area contributed by atoms with E-state index < -0.39 is 0 Å². The van der Waals surface area contributed by atoms with Crippen molar-refractivity contribution in [2.45, 2.75) is 12.8 Å². The number of hydrogen-bond donors (Lipinski definition) is 1. The Morgan fingerprint density at radius 2 is 2.20 bits per heavy atom. The zero-order valence-electron chi connectivity index (χ0n) is 8.63. The molecule has 0 aliphatic rings. The number of ether oxygens (including phenoxy) is 1. The lowest BCUT2D eigenvalue weighted by Gasteiger charge is -2.07. The van der Waals surface area contributed by atoms with Gasteiger partial charge in [-0.25, -0.2) is 0 Å². The summed E-state index contributed by atoms with van der Waals surface area (Å²) in [5.41, 5.74) is 0. The molecule has 15 heavy (non-hydrogen) atoms. The average molecular weight is 272 g/mol. The van der Waals surface area contributed by atoms with E-state index in [-0.39, 0.29) is 5.91 Å². The van der Waals surface area contributed by atoms with Crippen molar-refractivity contribution in [3.63, 3.8) is 0 Å². The van der Waals surface area contributed by atoms with Crippen LogP contribution < -0.4 is 10.1 Å². The van der Waals surface area contributed by atoms with Crippen LogP contribution in [0.15, 0.2) is 28.7 Å². The van der Waals surface area contributed by atoms with Crippen LogP contribution in [0.2, 0.25) is 0 Å². The summed E-state index contributed by atoms with van der Waals surface area (Å²) in [7, 11) is 1.64. The first kappa shape index (κ1) is 12.0. The van der Waals surface area contributed by atoms with Gasteiger partial charge in [0, 0.05) is 13.5 Å². The predicted molar refractivity (Wildman–Crippen MR) is 62.9 cm³/mol. The molecule has 0 atom stereocenters. The monoisotopic (exact) mass is 271 g/mol. The summed E-state index contributed by atoms with van der Waals surface area (Å²) in [4.78, 5) is 10.9. The Kier molecular flexibility index (Phi) is 5.18. The van der Waals surface area contributed by atoms with Gasteiger partial charge in [0.15, 0.2) is 0 Å². The van der Waals surface area contributed by atoms with Gasteiger partial charge in [0.2, 0.25) is 5.91 Å². The average Bonchev–Trinajstić information content (AvgIpc) is 2.26. The second-order valence-corrected chi connectivity index (χ2v) is 3.91. The van der Waals surface area contributed by atoms with Gasteiger partial charge in [0.1, 0.15) is 5.75 Å². The topological polar surface area (TPSA) is 38.3 Å². The second kappa shape index (κ2) is 6.45. The zero-order valence-corrected chi connectivity index (χ0v) is 10.2. The first-order chi connectivity index (χ1) is 7.24. The molecular formula is C11H14BrNO2. The number of para-hydroxylation sites is 1. The molecule has 0 bridgehead atoms. The van der Waals surface area contributed by atoms with Gasteiger partial charge in [-0.05, 0) is 34.5 Å². The van der Waals surface area contributed by atoms with E-state index >= 15 is 0 Å². The Bertz CT molecular complexity index is 328. The number of carbonyl (C=O) groups is 1. The molecule has 1 rings (SSSR count). The van der Waals surface area contributed by atoms with Crippen LogP contribution in [0.5, 0.6) is 5.75 Å². The van der Waals surface area contributed by atoms with Crippen molar-refractivity contribution in [2.24, 2.45) is 0 Å². The van der Waals surface area contributed by atoms with Crippen LogP contribution in [0.3, 0.4) is 0 Å².